The van der Waals surface area contributed by atoms with Gasteiger partial charge in [-0.3, -0.25) is 9.59 Å². The highest BCUT2D eigenvalue weighted by Gasteiger charge is 2.30. The van der Waals surface area contributed by atoms with Gasteiger partial charge in [0.1, 0.15) is 0 Å². The Kier molecular flexibility index (Phi) is 10.9. The summed E-state index contributed by atoms with van der Waals surface area (Å²) in [7, 11) is 0. The molecule has 1 atom stereocenters. The Hall–Kier alpha value is -2.24. The van der Waals surface area contributed by atoms with Crippen LogP contribution in [0.15, 0.2) is 24.3 Å². The molecule has 26 heavy (non-hydrogen) atoms. The third-order valence-corrected chi connectivity index (χ3v) is 4.05. The van der Waals surface area contributed by atoms with Crippen LogP contribution in [0.1, 0.15) is 71.1 Å². The fourth-order valence-electron chi connectivity index (χ4n) is 2.60. The van der Waals surface area contributed by atoms with Crippen LogP contribution in [0.3, 0.4) is 0 Å². The molecule has 0 amide bonds. The van der Waals surface area contributed by atoms with Gasteiger partial charge in [-0.05, 0) is 12.8 Å². The molecule has 0 saturated carbocycles. The minimum absolute atomic E-state index is 0.215. The van der Waals surface area contributed by atoms with Crippen molar-refractivity contribution in [2.24, 2.45) is 5.92 Å². The first-order valence-corrected chi connectivity index (χ1v) is 9.38. The van der Waals surface area contributed by atoms with Crippen LogP contribution in [0.5, 0.6) is 0 Å². The number of esters is 4. The minimum atomic E-state index is -0.579. The molecule has 1 unspecified atom stereocenters. The van der Waals surface area contributed by atoms with Crippen molar-refractivity contribution in [1.82, 2.24) is 0 Å². The molecule has 1 saturated heterocycles. The molecule has 2 aliphatic heterocycles. The van der Waals surface area contributed by atoms with Crippen LogP contribution < -0.4 is 0 Å². The number of carbonyl (C=O) groups excluding carboxylic acids is 4. The Bertz CT molecular complexity index is 531. The van der Waals surface area contributed by atoms with Crippen molar-refractivity contribution < 1.29 is 28.7 Å². The number of cyclic esters (lactones) is 4. The summed E-state index contributed by atoms with van der Waals surface area (Å²) in [6.45, 7) is 2.24. The molecular formula is C20H28O6. The average Bonchev–Trinajstić information content (AvgIpc) is 3.13. The molecule has 0 aromatic rings. The van der Waals surface area contributed by atoms with Gasteiger partial charge < -0.3 is 9.47 Å². The molecule has 144 valence electrons. The molecule has 0 spiro atoms. The van der Waals surface area contributed by atoms with E-state index in [2.05, 4.69) is 16.4 Å². The first kappa shape index (κ1) is 21.8. The van der Waals surface area contributed by atoms with Gasteiger partial charge in [-0.1, -0.05) is 64.0 Å². The van der Waals surface area contributed by atoms with Crippen LogP contribution in [0.25, 0.3) is 0 Å². The van der Waals surface area contributed by atoms with Gasteiger partial charge in [0, 0.05) is 12.2 Å². The standard InChI is InChI=1S/C16H26O3.C4H2O3/c1-2-3-4-5-6-7-8-9-10-11-12-14-13-15(17)19-16(14)18;5-3-1-2-4(6)7-3/h11-12,14H,2-10,13H2,1H3;1-2H. The Balaban J connectivity index is 0.000000401. The summed E-state index contributed by atoms with van der Waals surface area (Å²) in [5, 5.41) is 0. The number of hydrogen-bond acceptors (Lipinski definition) is 6. The SMILES string of the molecule is CCCCCCCCCCC=CC1CC(=O)OC1=O.O=C1C=CC(=O)O1. The molecule has 1 fully saturated rings. The molecule has 0 aromatic carbocycles. The average molecular weight is 364 g/mol. The zero-order valence-corrected chi connectivity index (χ0v) is 15.4. The minimum Gasteiger partial charge on any atom is -0.393 e. The van der Waals surface area contributed by atoms with Crippen LogP contribution in [0.2, 0.25) is 0 Å². The molecule has 2 rings (SSSR count). The zero-order valence-electron chi connectivity index (χ0n) is 15.4. The summed E-state index contributed by atoms with van der Waals surface area (Å²) >= 11 is 0. The van der Waals surface area contributed by atoms with E-state index in [0.29, 0.717) is 0 Å². The molecule has 0 bridgehead atoms. The highest BCUT2D eigenvalue weighted by Crippen LogP contribution is 2.17. The van der Waals surface area contributed by atoms with Gasteiger partial charge in [-0.15, -0.1) is 0 Å². The molecule has 2 heterocycles. The van der Waals surface area contributed by atoms with Gasteiger partial charge in [0.05, 0.1) is 12.3 Å². The lowest BCUT2D eigenvalue weighted by atomic mass is 10.0. The van der Waals surface area contributed by atoms with Crippen LogP contribution in [-0.4, -0.2) is 23.9 Å². The Morgan fingerprint density at radius 1 is 0.885 bits per heavy atom. The summed E-state index contributed by atoms with van der Waals surface area (Å²) in [5.41, 5.74) is 0. The van der Waals surface area contributed by atoms with E-state index < -0.39 is 23.9 Å². The van der Waals surface area contributed by atoms with Gasteiger partial charge in [0.15, 0.2) is 0 Å². The summed E-state index contributed by atoms with van der Waals surface area (Å²) in [6, 6.07) is 0. The van der Waals surface area contributed by atoms with E-state index in [0.717, 1.165) is 18.6 Å². The van der Waals surface area contributed by atoms with E-state index in [-0.39, 0.29) is 12.3 Å². The Morgan fingerprint density at radius 2 is 1.46 bits per heavy atom. The lowest BCUT2D eigenvalue weighted by Gasteiger charge is -2.00. The second-order valence-electron chi connectivity index (χ2n) is 6.37. The van der Waals surface area contributed by atoms with Gasteiger partial charge >= 0.3 is 23.9 Å². The highest BCUT2D eigenvalue weighted by atomic mass is 16.6. The van der Waals surface area contributed by atoms with Crippen LogP contribution in [-0.2, 0) is 28.7 Å². The highest BCUT2D eigenvalue weighted by molar-refractivity contribution is 6.04. The second kappa shape index (κ2) is 13.0. The number of unbranched alkanes of at least 4 members (excludes halogenated alkanes) is 8. The molecule has 0 aromatic heterocycles. The van der Waals surface area contributed by atoms with Crippen molar-refractivity contribution in [3.05, 3.63) is 24.3 Å². The van der Waals surface area contributed by atoms with Crippen molar-refractivity contribution >= 4 is 23.9 Å². The summed E-state index contributed by atoms with van der Waals surface area (Å²) in [6.07, 6.45) is 17.7. The summed E-state index contributed by atoms with van der Waals surface area (Å²) in [4.78, 5) is 41.9. The Morgan fingerprint density at radius 3 is 1.92 bits per heavy atom. The fourth-order valence-corrected chi connectivity index (χ4v) is 2.60. The molecule has 6 nitrogen and oxygen atoms in total. The van der Waals surface area contributed by atoms with E-state index in [1.807, 2.05) is 12.2 Å². The predicted molar refractivity (Wildman–Crippen MR) is 95.8 cm³/mol. The quantitative estimate of drug-likeness (QED) is 0.254. The van der Waals surface area contributed by atoms with E-state index in [1.54, 1.807) is 0 Å². The lowest BCUT2D eigenvalue weighted by molar-refractivity contribution is -0.153. The van der Waals surface area contributed by atoms with Crippen LogP contribution in [0.4, 0.5) is 0 Å². The molecule has 0 aliphatic carbocycles. The number of allylic oxidation sites excluding steroid dienone is 1. The van der Waals surface area contributed by atoms with Gasteiger partial charge in [-0.25, -0.2) is 9.59 Å². The Labute approximate surface area is 154 Å². The normalized spacial score (nSPS) is 18.9. The van der Waals surface area contributed by atoms with Crippen molar-refractivity contribution in [2.75, 3.05) is 0 Å². The van der Waals surface area contributed by atoms with Crippen LogP contribution >= 0.6 is 0 Å². The van der Waals surface area contributed by atoms with E-state index in [1.165, 1.54) is 51.4 Å². The maximum absolute atomic E-state index is 11.2. The molecule has 2 aliphatic rings. The third-order valence-electron chi connectivity index (χ3n) is 4.05. The monoisotopic (exact) mass is 364 g/mol. The van der Waals surface area contributed by atoms with Gasteiger partial charge in [0.25, 0.3) is 0 Å². The fraction of sp³-hybridized carbons (Fsp3) is 0.600. The van der Waals surface area contributed by atoms with Crippen molar-refractivity contribution in [3.8, 4) is 0 Å². The van der Waals surface area contributed by atoms with E-state index >= 15 is 0 Å². The van der Waals surface area contributed by atoms with Crippen molar-refractivity contribution in [2.45, 2.75) is 71.1 Å². The molecule has 6 heteroatoms. The smallest absolute Gasteiger partial charge is 0.338 e. The first-order valence-electron chi connectivity index (χ1n) is 9.38. The van der Waals surface area contributed by atoms with Crippen molar-refractivity contribution in [1.29, 1.82) is 0 Å². The van der Waals surface area contributed by atoms with Crippen molar-refractivity contribution in [3.63, 3.8) is 0 Å². The zero-order chi connectivity index (χ0) is 19.2. The number of carbonyl (C=O) groups is 4. The van der Waals surface area contributed by atoms with E-state index in [4.69, 9.17) is 0 Å². The molecular weight excluding hydrogens is 336 g/mol. The third kappa shape index (κ3) is 9.91. The topological polar surface area (TPSA) is 86.7 Å². The maximum atomic E-state index is 11.2. The lowest BCUT2D eigenvalue weighted by Crippen LogP contribution is -2.03. The molecule has 0 radical (unpaired) electrons. The summed E-state index contributed by atoms with van der Waals surface area (Å²) < 4.78 is 8.46. The number of ether oxygens (including phenoxy) is 2. The number of rotatable bonds is 10. The van der Waals surface area contributed by atoms with E-state index in [9.17, 15) is 19.2 Å². The second-order valence-corrected chi connectivity index (χ2v) is 6.37. The van der Waals surface area contributed by atoms with Crippen LogP contribution in [0, 0.1) is 5.92 Å². The van der Waals surface area contributed by atoms with Gasteiger partial charge in [-0.2, -0.15) is 0 Å². The number of hydrogen-bond donors (Lipinski definition) is 0. The predicted octanol–water partition coefficient (Wildman–Crippen LogP) is 3.79. The van der Waals surface area contributed by atoms with Gasteiger partial charge in [0.2, 0.25) is 0 Å². The molecule has 0 N–H and O–H groups in total. The summed E-state index contributed by atoms with van der Waals surface area (Å²) in [5.74, 6) is -2.28. The first-order chi connectivity index (χ1) is 12.5. The maximum Gasteiger partial charge on any atom is 0.338 e. The largest absolute Gasteiger partial charge is 0.393 e.